The van der Waals surface area contributed by atoms with Crippen molar-refractivity contribution in [2.45, 2.75) is 10.3 Å². The van der Waals surface area contributed by atoms with Gasteiger partial charge in [0.15, 0.2) is 0 Å². The number of aromatic nitrogens is 4. The van der Waals surface area contributed by atoms with Crippen molar-refractivity contribution in [2.24, 2.45) is 0 Å². The molecule has 0 saturated heterocycles. The molecule has 1 aromatic heterocycles. The summed E-state index contributed by atoms with van der Waals surface area (Å²) in [6.45, 7) is -0.901. The minimum Gasteiger partial charge on any atom is -0.460 e. The summed E-state index contributed by atoms with van der Waals surface area (Å²) in [5, 5.41) is 12.2. The van der Waals surface area contributed by atoms with E-state index in [9.17, 15) is 9.59 Å². The topological polar surface area (TPSA) is 96.2 Å². The van der Waals surface area contributed by atoms with Gasteiger partial charge in [0.05, 0.1) is 0 Å². The van der Waals surface area contributed by atoms with Gasteiger partial charge in [-0.05, 0) is 21.9 Å². The number of alkyl halides is 3. The Morgan fingerprint density at radius 3 is 2.59 bits per heavy atom. The minimum absolute atomic E-state index is 0.270. The summed E-state index contributed by atoms with van der Waals surface area (Å²) in [6.07, 6.45) is 0. The summed E-state index contributed by atoms with van der Waals surface area (Å²) < 4.78 is 9.37. The van der Waals surface area contributed by atoms with Crippen molar-refractivity contribution in [2.75, 3.05) is 6.61 Å². The van der Waals surface area contributed by atoms with Crippen LogP contribution in [0.3, 0.4) is 0 Å². The van der Waals surface area contributed by atoms with Crippen molar-refractivity contribution in [3.63, 3.8) is 0 Å². The van der Waals surface area contributed by atoms with Gasteiger partial charge in [0.1, 0.15) is 18.9 Å². The third kappa shape index (κ3) is 5.06. The average molecular weight is 430 g/mol. The van der Waals surface area contributed by atoms with E-state index in [1.165, 1.54) is 0 Å². The van der Waals surface area contributed by atoms with Gasteiger partial charge in [0.2, 0.25) is 3.79 Å². The van der Waals surface area contributed by atoms with Gasteiger partial charge >= 0.3 is 11.9 Å². The molecule has 0 saturated carbocycles. The highest BCUT2D eigenvalue weighted by Gasteiger charge is 2.24. The highest BCUT2D eigenvalue weighted by Crippen LogP contribution is 2.26. The lowest BCUT2D eigenvalue weighted by Gasteiger charge is -2.11. The number of tetrazole rings is 1. The van der Waals surface area contributed by atoms with Gasteiger partial charge in [-0.3, -0.25) is 4.79 Å². The molecule has 3 aromatic rings. The molecule has 0 atom stereocenters. The van der Waals surface area contributed by atoms with E-state index < -0.39 is 28.9 Å². The molecule has 11 heteroatoms. The quantitative estimate of drug-likeness (QED) is 0.349. The van der Waals surface area contributed by atoms with Crippen LogP contribution in [0, 0.1) is 0 Å². The number of hydrogen-bond acceptors (Lipinski definition) is 7. The fourth-order valence-corrected chi connectivity index (χ4v) is 2.38. The van der Waals surface area contributed by atoms with Crippen LogP contribution in [0.5, 0.6) is 5.75 Å². The molecule has 140 valence electrons. The van der Waals surface area contributed by atoms with E-state index in [1.54, 1.807) is 12.1 Å². The van der Waals surface area contributed by atoms with Crippen LogP contribution in [0.4, 0.5) is 0 Å². The highest BCUT2D eigenvalue weighted by atomic mass is 35.6. The second kappa shape index (κ2) is 8.08. The van der Waals surface area contributed by atoms with Crippen molar-refractivity contribution in [3.8, 4) is 5.75 Å². The Balaban J connectivity index is 1.73. The zero-order valence-corrected chi connectivity index (χ0v) is 15.8. The van der Waals surface area contributed by atoms with E-state index >= 15 is 0 Å². The molecule has 0 unspecified atom stereocenters. The van der Waals surface area contributed by atoms with Crippen LogP contribution in [0.1, 0.15) is 10.6 Å². The molecule has 0 amide bonds. The predicted molar refractivity (Wildman–Crippen MR) is 98.0 cm³/mol. The Hall–Kier alpha value is -2.42. The fourth-order valence-electron chi connectivity index (χ4n) is 2.22. The van der Waals surface area contributed by atoms with E-state index in [-0.39, 0.29) is 5.82 Å². The lowest BCUT2D eigenvalue weighted by Crippen LogP contribution is -2.24. The molecule has 3 rings (SSSR count). The summed E-state index contributed by atoms with van der Waals surface area (Å²) in [6, 6.07) is 12.7. The summed E-state index contributed by atoms with van der Waals surface area (Å²) in [7, 11) is 0. The molecule has 0 radical (unpaired) electrons. The number of nitrogens with zero attached hydrogens (tertiary/aromatic N) is 4. The molecule has 0 spiro atoms. The van der Waals surface area contributed by atoms with Crippen LogP contribution in [-0.2, 0) is 16.1 Å². The Morgan fingerprint density at radius 1 is 1.07 bits per heavy atom. The molecule has 0 aliphatic carbocycles. The van der Waals surface area contributed by atoms with Gasteiger partial charge in [-0.1, -0.05) is 71.2 Å². The van der Waals surface area contributed by atoms with Crippen LogP contribution in [0.15, 0.2) is 42.5 Å². The van der Waals surface area contributed by atoms with Gasteiger partial charge in [0, 0.05) is 5.39 Å². The van der Waals surface area contributed by atoms with Crippen molar-refractivity contribution >= 4 is 57.5 Å². The number of halogens is 3. The predicted octanol–water partition coefficient (Wildman–Crippen LogP) is 2.96. The van der Waals surface area contributed by atoms with Crippen LogP contribution in [0.2, 0.25) is 0 Å². The number of carbonyl (C=O) groups is 2. The standard InChI is InChI=1S/C16H11Cl3N4O4/c17-16(18,19)9-26-13(24)8-23-14(20-21-22-23)15(25)27-12-7-3-5-10-4-1-2-6-11(10)12/h1-7H,8-9H2. The maximum atomic E-state index is 12.4. The maximum absolute atomic E-state index is 12.4. The van der Waals surface area contributed by atoms with Crippen LogP contribution >= 0.6 is 34.8 Å². The number of rotatable bonds is 5. The Morgan fingerprint density at radius 2 is 1.81 bits per heavy atom. The molecule has 0 bridgehead atoms. The van der Waals surface area contributed by atoms with Crippen LogP contribution < -0.4 is 4.74 Å². The van der Waals surface area contributed by atoms with Gasteiger partial charge in [-0.25, -0.2) is 9.48 Å². The molecular weight excluding hydrogens is 419 g/mol. The monoisotopic (exact) mass is 428 g/mol. The van der Waals surface area contributed by atoms with Crippen molar-refractivity contribution < 1.29 is 19.1 Å². The SMILES string of the molecule is O=C(Cn1nnnc1C(=O)Oc1cccc2ccccc12)OCC(Cl)(Cl)Cl. The summed E-state index contributed by atoms with van der Waals surface area (Å²) in [4.78, 5) is 24.2. The Labute approximate surface area is 167 Å². The average Bonchev–Trinajstić information content (AvgIpc) is 3.08. The molecule has 27 heavy (non-hydrogen) atoms. The van der Waals surface area contributed by atoms with Crippen molar-refractivity contribution in [3.05, 3.63) is 48.3 Å². The molecule has 0 N–H and O–H groups in total. The molecule has 0 aliphatic heterocycles. The van der Waals surface area contributed by atoms with Gasteiger partial charge < -0.3 is 9.47 Å². The third-order valence-corrected chi connectivity index (χ3v) is 3.67. The summed E-state index contributed by atoms with van der Waals surface area (Å²) >= 11 is 16.5. The normalized spacial score (nSPS) is 11.4. The number of fused-ring (bicyclic) bond motifs is 1. The lowest BCUT2D eigenvalue weighted by molar-refractivity contribution is -0.144. The van der Waals surface area contributed by atoms with Crippen molar-refractivity contribution in [1.29, 1.82) is 0 Å². The zero-order valence-electron chi connectivity index (χ0n) is 13.5. The third-order valence-electron chi connectivity index (χ3n) is 3.34. The first kappa shape index (κ1) is 19.3. The first-order valence-electron chi connectivity index (χ1n) is 7.52. The van der Waals surface area contributed by atoms with E-state index in [4.69, 9.17) is 44.3 Å². The minimum atomic E-state index is -1.74. The maximum Gasteiger partial charge on any atom is 0.383 e. The van der Waals surface area contributed by atoms with Gasteiger partial charge in [0.25, 0.3) is 5.82 Å². The number of benzene rings is 2. The lowest BCUT2D eigenvalue weighted by atomic mass is 10.1. The van der Waals surface area contributed by atoms with Crippen molar-refractivity contribution in [1.82, 2.24) is 20.2 Å². The summed E-state index contributed by atoms with van der Waals surface area (Å²) in [5.74, 6) is -1.54. The van der Waals surface area contributed by atoms with Gasteiger partial charge in [-0.2, -0.15) is 0 Å². The number of hydrogen-bond donors (Lipinski definition) is 0. The van der Waals surface area contributed by atoms with Gasteiger partial charge in [-0.15, -0.1) is 5.10 Å². The second-order valence-corrected chi connectivity index (χ2v) is 7.82. The largest absolute Gasteiger partial charge is 0.460 e. The van der Waals surface area contributed by atoms with Crippen LogP contribution in [0.25, 0.3) is 10.8 Å². The molecule has 0 aliphatic rings. The van der Waals surface area contributed by atoms with E-state index in [0.29, 0.717) is 5.75 Å². The second-order valence-electron chi connectivity index (χ2n) is 5.30. The number of ether oxygens (including phenoxy) is 2. The van der Waals surface area contributed by atoms with Crippen LogP contribution in [-0.4, -0.2) is 42.5 Å². The van der Waals surface area contributed by atoms with E-state index in [2.05, 4.69) is 15.5 Å². The molecule has 8 nitrogen and oxygen atoms in total. The number of esters is 2. The molecule has 0 fully saturated rings. The number of carbonyl (C=O) groups excluding carboxylic acids is 2. The fraction of sp³-hybridized carbons (Fsp3) is 0.188. The Bertz CT molecular complexity index is 982. The molecule has 2 aromatic carbocycles. The van der Waals surface area contributed by atoms with E-state index in [0.717, 1.165) is 15.5 Å². The molecular formula is C16H11Cl3N4O4. The smallest absolute Gasteiger partial charge is 0.383 e. The first-order chi connectivity index (χ1) is 12.8. The summed E-state index contributed by atoms with van der Waals surface area (Å²) in [5.41, 5.74) is 0. The van der Waals surface area contributed by atoms with E-state index in [1.807, 2.05) is 30.3 Å². The zero-order chi connectivity index (χ0) is 19.4. The molecule has 1 heterocycles. The Kier molecular flexibility index (Phi) is 5.79. The highest BCUT2D eigenvalue weighted by molar-refractivity contribution is 6.67. The first-order valence-corrected chi connectivity index (χ1v) is 8.65.